The molecule has 1 amide bonds. The lowest BCUT2D eigenvalue weighted by atomic mass is 9.55. The highest BCUT2D eigenvalue weighted by atomic mass is 16.7. The van der Waals surface area contributed by atoms with Crippen molar-refractivity contribution in [1.82, 2.24) is 4.90 Å². The van der Waals surface area contributed by atoms with Crippen LogP contribution in [0.4, 0.5) is 5.69 Å². The highest BCUT2D eigenvalue weighted by Crippen LogP contribution is 2.62. The van der Waals surface area contributed by atoms with Crippen LogP contribution in [-0.4, -0.2) is 63.3 Å². The Hall–Kier alpha value is -6.86. The highest BCUT2D eigenvalue weighted by Gasteiger charge is 2.65. The molecule has 6 atom stereocenters. The first kappa shape index (κ1) is 56.8. The van der Waals surface area contributed by atoms with Gasteiger partial charge in [-0.3, -0.25) is 14.9 Å². The van der Waals surface area contributed by atoms with E-state index in [2.05, 4.69) is 80.2 Å². The maximum absolute atomic E-state index is 15.7. The molecule has 6 aromatic rings. The summed E-state index contributed by atoms with van der Waals surface area (Å²) >= 11 is 0. The lowest BCUT2D eigenvalue weighted by molar-refractivity contribution is -0.384. The highest BCUT2D eigenvalue weighted by molar-refractivity contribution is 6.03. The number of allylic oxidation sites excluding steroid dienone is 1. The van der Waals surface area contributed by atoms with Crippen LogP contribution in [0.15, 0.2) is 157 Å². The van der Waals surface area contributed by atoms with Gasteiger partial charge in [-0.2, -0.15) is 0 Å². The molecule has 0 aromatic heterocycles. The summed E-state index contributed by atoms with van der Waals surface area (Å²) in [6, 6.07) is 40.5. The number of nitro benzene ring substituents is 1. The number of aliphatic hydroxyl groups excluding tert-OH is 2. The molecular weight excluding hydrogens is 991 g/mol. The van der Waals surface area contributed by atoms with Crippen molar-refractivity contribution in [2.24, 2.45) is 22.9 Å². The van der Waals surface area contributed by atoms with Crippen LogP contribution in [0.3, 0.4) is 0 Å². The van der Waals surface area contributed by atoms with Gasteiger partial charge in [0.2, 0.25) is 11.7 Å². The molecule has 2 aliphatic carbocycles. The number of nitrogens with zero attached hydrogens (tertiary/aromatic N) is 3. The van der Waals surface area contributed by atoms with Crippen molar-refractivity contribution in [3.8, 4) is 17.2 Å². The van der Waals surface area contributed by atoms with Crippen LogP contribution in [0, 0.1) is 27.9 Å². The molecule has 12 heteroatoms. The standard InChI is InChI=1S/C67H79N3O9/c1-3-5-6-7-8-9-10-11-12-30-64(73)69(46-53-27-21-26-50-23-15-16-28-57(50)53)63-45-61(68-77-47-48-31-34-54(35-32-48)70(74)75)59-43-52(25-17-19-39-71)58(29-18-20-40-72)65-60-44-56(78-55-36-33-49-22-13-14-24-51(49)42-55)37-38-62(60)79-67(63,66(59)65)76-41-4-2/h4,13-16,21-24,26-28,31-38,42-44,52,58,63,65-66,71-72H,2-3,5-12,17-20,25,29-30,39-41,45-47H2,1H3/t52-,58+,63-,65+,66+,67+/m0/s1. The average Bonchev–Trinajstić information content (AvgIpc) is 3.45. The molecule has 12 nitrogen and oxygen atoms in total. The molecule has 79 heavy (non-hydrogen) atoms. The Morgan fingerprint density at radius 3 is 2.22 bits per heavy atom. The zero-order valence-electron chi connectivity index (χ0n) is 46.0. The summed E-state index contributed by atoms with van der Waals surface area (Å²) < 4.78 is 21.8. The van der Waals surface area contributed by atoms with Gasteiger partial charge in [0, 0.05) is 56.2 Å². The lowest BCUT2D eigenvalue weighted by Crippen LogP contribution is -2.70. The van der Waals surface area contributed by atoms with Crippen molar-refractivity contribution in [2.75, 3.05) is 19.8 Å². The predicted octanol–water partition coefficient (Wildman–Crippen LogP) is 15.5. The number of benzene rings is 6. The first-order valence-electron chi connectivity index (χ1n) is 29.1. The van der Waals surface area contributed by atoms with E-state index in [0.29, 0.717) is 42.2 Å². The Morgan fingerprint density at radius 2 is 1.47 bits per heavy atom. The van der Waals surface area contributed by atoms with Gasteiger partial charge in [0.25, 0.3) is 5.69 Å². The van der Waals surface area contributed by atoms with Crippen molar-refractivity contribution in [3.05, 3.63) is 179 Å². The normalized spacial score (nSPS) is 20.7. The largest absolute Gasteiger partial charge is 0.459 e. The number of carbonyl (C=O) groups excluding carboxylic acids is 1. The fourth-order valence-corrected chi connectivity index (χ4v) is 12.7. The van der Waals surface area contributed by atoms with Crippen LogP contribution in [0.2, 0.25) is 0 Å². The number of hydrogen-bond acceptors (Lipinski definition) is 10. The second-order valence-corrected chi connectivity index (χ2v) is 21.8. The molecule has 1 heterocycles. The van der Waals surface area contributed by atoms with Crippen LogP contribution >= 0.6 is 0 Å². The van der Waals surface area contributed by atoms with E-state index >= 15 is 4.79 Å². The van der Waals surface area contributed by atoms with Gasteiger partial charge in [0.05, 0.1) is 23.2 Å². The first-order chi connectivity index (χ1) is 38.7. The third-order valence-electron chi connectivity index (χ3n) is 16.6. The molecular formula is C67H79N3O9. The van der Waals surface area contributed by atoms with E-state index in [1.165, 1.54) is 44.2 Å². The lowest BCUT2D eigenvalue weighted by Gasteiger charge is -2.60. The molecule has 6 aromatic carbocycles. The summed E-state index contributed by atoms with van der Waals surface area (Å²) in [4.78, 5) is 35.2. The topological polar surface area (TPSA) is 153 Å². The van der Waals surface area contributed by atoms with Crippen LogP contribution in [0.5, 0.6) is 17.2 Å². The summed E-state index contributed by atoms with van der Waals surface area (Å²) in [5, 5.41) is 41.3. The number of hydrogen-bond donors (Lipinski definition) is 2. The summed E-state index contributed by atoms with van der Waals surface area (Å²) in [5.41, 5.74) is 4.27. The number of amides is 1. The molecule has 0 radical (unpaired) electrons. The zero-order valence-corrected chi connectivity index (χ0v) is 46.0. The predicted molar refractivity (Wildman–Crippen MR) is 313 cm³/mol. The van der Waals surface area contributed by atoms with Crippen LogP contribution < -0.4 is 9.47 Å². The molecule has 1 saturated carbocycles. The number of fused-ring (bicyclic) bond motifs is 4. The molecule has 3 aliphatic rings. The fraction of sp³-hybridized carbons (Fsp3) is 0.433. The minimum atomic E-state index is -1.46. The van der Waals surface area contributed by atoms with Crippen LogP contribution in [-0.2, 0) is 27.5 Å². The first-order valence-corrected chi connectivity index (χ1v) is 29.1. The van der Waals surface area contributed by atoms with E-state index in [1.54, 1.807) is 18.2 Å². The van der Waals surface area contributed by atoms with Crippen molar-refractivity contribution in [2.45, 2.75) is 147 Å². The molecule has 0 bridgehead atoms. The number of aliphatic hydroxyl groups is 2. The number of rotatable bonds is 30. The minimum Gasteiger partial charge on any atom is -0.459 e. The van der Waals surface area contributed by atoms with E-state index < -0.39 is 22.7 Å². The smallest absolute Gasteiger partial charge is 0.269 e. The van der Waals surface area contributed by atoms with Gasteiger partial charge >= 0.3 is 0 Å². The molecule has 2 N–H and O–H groups in total. The van der Waals surface area contributed by atoms with Gasteiger partial charge in [0.15, 0.2) is 0 Å². The van der Waals surface area contributed by atoms with Crippen LogP contribution in [0.1, 0.15) is 139 Å². The number of carbonyl (C=O) groups is 1. The quantitative estimate of drug-likeness (QED) is 0.0194. The Bertz CT molecular complexity index is 3060. The molecule has 9 rings (SSSR count). The van der Waals surface area contributed by atoms with Crippen molar-refractivity contribution >= 4 is 38.9 Å². The second-order valence-electron chi connectivity index (χ2n) is 21.8. The molecule has 416 valence electrons. The van der Waals surface area contributed by atoms with Gasteiger partial charge < -0.3 is 34.2 Å². The van der Waals surface area contributed by atoms with E-state index in [4.69, 9.17) is 24.2 Å². The van der Waals surface area contributed by atoms with Gasteiger partial charge in [-0.05, 0) is 125 Å². The number of nitro groups is 1. The number of ether oxygens (including phenoxy) is 3. The van der Waals surface area contributed by atoms with E-state index in [0.717, 1.165) is 95.2 Å². The van der Waals surface area contributed by atoms with Crippen molar-refractivity contribution in [3.63, 3.8) is 0 Å². The molecule has 0 saturated heterocycles. The Labute approximate surface area is 466 Å². The summed E-state index contributed by atoms with van der Waals surface area (Å²) in [6.07, 6.45) is 19.2. The zero-order chi connectivity index (χ0) is 55.0. The maximum Gasteiger partial charge on any atom is 0.269 e. The molecule has 0 unspecified atom stereocenters. The number of non-ortho nitro benzene ring substituents is 1. The molecule has 1 aliphatic heterocycles. The third-order valence-corrected chi connectivity index (χ3v) is 16.6. The second kappa shape index (κ2) is 27.8. The van der Waals surface area contributed by atoms with Gasteiger partial charge in [-0.15, -0.1) is 6.58 Å². The van der Waals surface area contributed by atoms with E-state index in [-0.39, 0.29) is 68.7 Å². The summed E-state index contributed by atoms with van der Waals surface area (Å²) in [6.45, 7) is 7.03. The Balaban J connectivity index is 1.20. The van der Waals surface area contributed by atoms with Gasteiger partial charge in [0.1, 0.15) is 29.9 Å². The summed E-state index contributed by atoms with van der Waals surface area (Å²) in [7, 11) is 0. The van der Waals surface area contributed by atoms with Gasteiger partial charge in [-0.25, -0.2) is 0 Å². The minimum absolute atomic E-state index is 0.00306. The fourth-order valence-electron chi connectivity index (χ4n) is 12.7. The Kier molecular flexibility index (Phi) is 20.0. The Morgan fingerprint density at radius 1 is 0.785 bits per heavy atom. The molecule has 0 spiro atoms. The maximum atomic E-state index is 15.7. The summed E-state index contributed by atoms with van der Waals surface area (Å²) in [5.74, 6) is -0.211. The van der Waals surface area contributed by atoms with E-state index in [9.17, 15) is 20.3 Å². The third kappa shape index (κ3) is 13.6. The monoisotopic (exact) mass is 1070 g/mol. The van der Waals surface area contributed by atoms with Crippen molar-refractivity contribution < 1.29 is 39.0 Å². The van der Waals surface area contributed by atoms with E-state index in [1.807, 2.05) is 47.4 Å². The molecule has 1 fully saturated rings. The van der Waals surface area contributed by atoms with Crippen molar-refractivity contribution in [1.29, 1.82) is 0 Å². The average molecular weight is 1070 g/mol. The van der Waals surface area contributed by atoms with Gasteiger partial charge in [-0.1, -0.05) is 161 Å². The number of unbranched alkanes of at least 4 members (excludes halogenated alkanes) is 10. The SMILES string of the molecule is C=CCO[C@@]12Oc3ccc(Oc4ccc5ccccc5c4)cc3[C@H]3[C@H](CCCCO)[C@@H](CCCCO)C=C(C(=NOCc4ccc([N+](=O)[O-])cc4)C[C@@H]1N(Cc1cccc4ccccc14)C(=O)CCCCCCCCCCC)[C@H]32. The van der Waals surface area contributed by atoms with Crippen LogP contribution in [0.25, 0.3) is 21.5 Å². The number of oxime groups is 1.